The Kier molecular flexibility index (Phi) is 4.81. The Balaban J connectivity index is 2.25. The summed E-state index contributed by atoms with van der Waals surface area (Å²) in [5, 5.41) is 7.95. The van der Waals surface area contributed by atoms with Gasteiger partial charge in [0.15, 0.2) is 0 Å². The molecule has 0 radical (unpaired) electrons. The molecule has 0 aliphatic heterocycles. The van der Waals surface area contributed by atoms with Gasteiger partial charge in [-0.15, -0.1) is 0 Å². The summed E-state index contributed by atoms with van der Waals surface area (Å²) in [6.45, 7) is 5.49. The van der Waals surface area contributed by atoms with E-state index in [0.29, 0.717) is 12.0 Å². The molecule has 2 rings (SSSR count). The van der Waals surface area contributed by atoms with Crippen LogP contribution in [0.4, 0.5) is 0 Å². The predicted molar refractivity (Wildman–Crippen MR) is 75.8 cm³/mol. The second-order valence-electron chi connectivity index (χ2n) is 5.83. The number of hydrogen-bond donors (Lipinski definition) is 1. The quantitative estimate of drug-likeness (QED) is 0.826. The fourth-order valence-electron chi connectivity index (χ4n) is 3.16. The molecule has 102 valence electrons. The highest BCUT2D eigenvalue weighted by atomic mass is 15.3. The van der Waals surface area contributed by atoms with Crippen LogP contribution in [-0.4, -0.2) is 16.8 Å². The lowest BCUT2D eigenvalue weighted by Crippen LogP contribution is -2.16. The lowest BCUT2D eigenvalue weighted by Gasteiger charge is -2.20. The maximum atomic E-state index is 4.70. The molecule has 0 atom stereocenters. The smallest absolute Gasteiger partial charge is 0.0537 e. The standard InChI is InChI=1S/C15H27N3/c1-12(2)15-13(10-16-3)11-17-18(15)14-8-6-4-5-7-9-14/h11-12,14,16H,4-10H2,1-3H3. The summed E-state index contributed by atoms with van der Waals surface area (Å²) in [5.41, 5.74) is 2.81. The van der Waals surface area contributed by atoms with Crippen LogP contribution in [0.15, 0.2) is 6.20 Å². The van der Waals surface area contributed by atoms with Crippen molar-refractivity contribution in [3.8, 4) is 0 Å². The molecule has 3 nitrogen and oxygen atoms in total. The number of nitrogens with zero attached hydrogens (tertiary/aromatic N) is 2. The Hall–Kier alpha value is -0.830. The highest BCUT2D eigenvalue weighted by Crippen LogP contribution is 2.31. The van der Waals surface area contributed by atoms with Gasteiger partial charge in [0.1, 0.15) is 0 Å². The molecule has 0 saturated heterocycles. The van der Waals surface area contributed by atoms with E-state index in [4.69, 9.17) is 5.10 Å². The minimum Gasteiger partial charge on any atom is -0.316 e. The molecule has 3 heteroatoms. The van der Waals surface area contributed by atoms with E-state index in [-0.39, 0.29) is 0 Å². The molecule has 1 fully saturated rings. The minimum absolute atomic E-state index is 0.555. The first-order valence-corrected chi connectivity index (χ1v) is 7.45. The molecule has 1 aromatic rings. The molecule has 0 bridgehead atoms. The van der Waals surface area contributed by atoms with E-state index in [1.54, 1.807) is 0 Å². The molecule has 1 aliphatic carbocycles. The molecule has 1 aromatic heterocycles. The van der Waals surface area contributed by atoms with Crippen LogP contribution in [0.1, 0.15) is 75.6 Å². The average Bonchev–Trinajstić information content (AvgIpc) is 2.59. The largest absolute Gasteiger partial charge is 0.316 e. The van der Waals surface area contributed by atoms with Crippen molar-refractivity contribution in [1.29, 1.82) is 0 Å². The monoisotopic (exact) mass is 249 g/mol. The second-order valence-corrected chi connectivity index (χ2v) is 5.83. The van der Waals surface area contributed by atoms with Crippen molar-refractivity contribution in [3.63, 3.8) is 0 Å². The van der Waals surface area contributed by atoms with Gasteiger partial charge in [0.25, 0.3) is 0 Å². The maximum absolute atomic E-state index is 4.70. The van der Waals surface area contributed by atoms with E-state index in [9.17, 15) is 0 Å². The van der Waals surface area contributed by atoms with Crippen LogP contribution >= 0.6 is 0 Å². The van der Waals surface area contributed by atoms with Gasteiger partial charge < -0.3 is 5.32 Å². The first-order valence-electron chi connectivity index (χ1n) is 7.45. The molecule has 1 aliphatic rings. The molecular weight excluding hydrogens is 222 g/mol. The van der Waals surface area contributed by atoms with Crippen molar-refractivity contribution < 1.29 is 0 Å². The molecule has 0 unspecified atom stereocenters. The normalized spacial score (nSPS) is 18.2. The van der Waals surface area contributed by atoms with E-state index in [1.807, 2.05) is 7.05 Å². The van der Waals surface area contributed by atoms with Crippen molar-refractivity contribution in [2.24, 2.45) is 0 Å². The van der Waals surface area contributed by atoms with Gasteiger partial charge >= 0.3 is 0 Å². The number of nitrogens with one attached hydrogen (secondary N) is 1. The lowest BCUT2D eigenvalue weighted by molar-refractivity contribution is 0.387. The maximum Gasteiger partial charge on any atom is 0.0537 e. The first-order chi connectivity index (χ1) is 8.74. The van der Waals surface area contributed by atoms with Crippen LogP contribution < -0.4 is 5.32 Å². The summed E-state index contributed by atoms with van der Waals surface area (Å²) < 4.78 is 2.34. The van der Waals surface area contributed by atoms with E-state index < -0.39 is 0 Å². The summed E-state index contributed by atoms with van der Waals surface area (Å²) in [6.07, 6.45) is 10.2. The van der Waals surface area contributed by atoms with Gasteiger partial charge in [-0.25, -0.2) is 0 Å². The van der Waals surface area contributed by atoms with Gasteiger partial charge in [0, 0.05) is 17.8 Å². The first kappa shape index (κ1) is 13.6. The molecule has 1 saturated carbocycles. The Morgan fingerprint density at radius 3 is 2.50 bits per heavy atom. The topological polar surface area (TPSA) is 29.9 Å². The zero-order valence-corrected chi connectivity index (χ0v) is 12.1. The Morgan fingerprint density at radius 1 is 1.28 bits per heavy atom. The van der Waals surface area contributed by atoms with Crippen molar-refractivity contribution >= 4 is 0 Å². The number of aromatic nitrogens is 2. The average molecular weight is 249 g/mol. The highest BCUT2D eigenvalue weighted by Gasteiger charge is 2.21. The second kappa shape index (κ2) is 6.37. The van der Waals surface area contributed by atoms with Gasteiger partial charge in [-0.3, -0.25) is 4.68 Å². The van der Waals surface area contributed by atoms with Gasteiger partial charge in [-0.05, 0) is 25.8 Å². The molecule has 0 amide bonds. The van der Waals surface area contributed by atoms with Crippen LogP contribution in [0.5, 0.6) is 0 Å². The van der Waals surface area contributed by atoms with Crippen LogP contribution in [0.25, 0.3) is 0 Å². The van der Waals surface area contributed by atoms with Gasteiger partial charge in [0.2, 0.25) is 0 Å². The Bertz CT molecular complexity index is 360. The van der Waals surface area contributed by atoms with E-state index >= 15 is 0 Å². The van der Waals surface area contributed by atoms with Crippen LogP contribution in [0.2, 0.25) is 0 Å². The highest BCUT2D eigenvalue weighted by molar-refractivity contribution is 5.21. The van der Waals surface area contributed by atoms with Gasteiger partial charge in [-0.1, -0.05) is 39.5 Å². The summed E-state index contributed by atoms with van der Waals surface area (Å²) in [7, 11) is 2.01. The zero-order valence-electron chi connectivity index (χ0n) is 12.1. The summed E-state index contributed by atoms with van der Waals surface area (Å²) in [4.78, 5) is 0. The third-order valence-corrected chi connectivity index (χ3v) is 4.00. The Labute approximate surface area is 111 Å². The van der Waals surface area contributed by atoms with Crippen molar-refractivity contribution in [2.75, 3.05) is 7.05 Å². The summed E-state index contributed by atoms with van der Waals surface area (Å²) in [6, 6.07) is 0.635. The van der Waals surface area contributed by atoms with E-state index in [0.717, 1.165) is 6.54 Å². The molecule has 18 heavy (non-hydrogen) atoms. The third kappa shape index (κ3) is 2.94. The molecule has 1 heterocycles. The van der Waals surface area contributed by atoms with Crippen LogP contribution in [0.3, 0.4) is 0 Å². The van der Waals surface area contributed by atoms with Crippen LogP contribution in [-0.2, 0) is 6.54 Å². The lowest BCUT2D eigenvalue weighted by atomic mass is 10.0. The third-order valence-electron chi connectivity index (χ3n) is 4.00. The van der Waals surface area contributed by atoms with Gasteiger partial charge in [0.05, 0.1) is 12.2 Å². The predicted octanol–water partition coefficient (Wildman–Crippen LogP) is 3.62. The summed E-state index contributed by atoms with van der Waals surface area (Å²) in [5.74, 6) is 0.555. The number of rotatable bonds is 4. The van der Waals surface area contributed by atoms with Crippen molar-refractivity contribution in [3.05, 3.63) is 17.5 Å². The molecular formula is C15H27N3. The zero-order chi connectivity index (χ0) is 13.0. The summed E-state index contributed by atoms with van der Waals surface area (Å²) >= 11 is 0. The van der Waals surface area contributed by atoms with E-state index in [1.165, 1.54) is 49.8 Å². The minimum atomic E-state index is 0.555. The molecule has 0 spiro atoms. The Morgan fingerprint density at radius 2 is 1.94 bits per heavy atom. The molecule has 1 N–H and O–H groups in total. The molecule has 0 aromatic carbocycles. The fraction of sp³-hybridized carbons (Fsp3) is 0.800. The van der Waals surface area contributed by atoms with Crippen molar-refractivity contribution in [1.82, 2.24) is 15.1 Å². The van der Waals surface area contributed by atoms with Gasteiger partial charge in [-0.2, -0.15) is 5.10 Å². The fourth-order valence-corrected chi connectivity index (χ4v) is 3.16. The SMILES string of the molecule is CNCc1cnn(C2CCCCCC2)c1C(C)C. The number of hydrogen-bond acceptors (Lipinski definition) is 2. The van der Waals surface area contributed by atoms with E-state index in [2.05, 4.69) is 30.0 Å². The van der Waals surface area contributed by atoms with Crippen LogP contribution in [0, 0.1) is 0 Å². The van der Waals surface area contributed by atoms with Crippen molar-refractivity contribution in [2.45, 2.75) is 70.9 Å².